The van der Waals surface area contributed by atoms with Crippen molar-refractivity contribution in [1.29, 1.82) is 0 Å². The van der Waals surface area contributed by atoms with Crippen LogP contribution in [0.5, 0.6) is 0 Å². The van der Waals surface area contributed by atoms with Gasteiger partial charge in [0, 0.05) is 23.8 Å². The predicted octanol–water partition coefficient (Wildman–Crippen LogP) is 3.15. The van der Waals surface area contributed by atoms with Crippen LogP contribution in [0.3, 0.4) is 0 Å². The molecule has 1 aliphatic heterocycles. The lowest BCUT2D eigenvalue weighted by Crippen LogP contribution is -2.40. The second-order valence-electron chi connectivity index (χ2n) is 7.22. The summed E-state index contributed by atoms with van der Waals surface area (Å²) in [4.78, 5) is 15.0. The number of aryl methyl sites for hydroxylation is 1. The van der Waals surface area contributed by atoms with Crippen LogP contribution in [0.15, 0.2) is 47.4 Å². The fraction of sp³-hybridized carbons (Fsp3) is 0.381. The molecule has 1 atom stereocenters. The first-order valence-electron chi connectivity index (χ1n) is 9.71. The molecule has 6 nitrogen and oxygen atoms in total. The zero-order valence-electron chi connectivity index (χ0n) is 16.6. The first-order chi connectivity index (χ1) is 13.8. The van der Waals surface area contributed by atoms with E-state index in [0.717, 1.165) is 25.9 Å². The molecule has 0 aliphatic carbocycles. The highest BCUT2D eigenvalue weighted by Gasteiger charge is 2.24. The van der Waals surface area contributed by atoms with Gasteiger partial charge in [-0.1, -0.05) is 13.0 Å². The maximum absolute atomic E-state index is 13.0. The Balaban J connectivity index is 1.74. The number of nitrogens with one attached hydrogen (secondary N) is 2. The lowest BCUT2D eigenvalue weighted by Gasteiger charge is -2.23. The van der Waals surface area contributed by atoms with E-state index < -0.39 is 15.8 Å². The molecular formula is C21H26FN3O3S. The predicted molar refractivity (Wildman–Crippen MR) is 111 cm³/mol. The van der Waals surface area contributed by atoms with Crippen LogP contribution in [-0.4, -0.2) is 44.9 Å². The van der Waals surface area contributed by atoms with Gasteiger partial charge in [-0.25, -0.2) is 12.8 Å². The van der Waals surface area contributed by atoms with Crippen molar-refractivity contribution in [3.63, 3.8) is 0 Å². The summed E-state index contributed by atoms with van der Waals surface area (Å²) in [6.07, 6.45) is 2.17. The van der Waals surface area contributed by atoms with Gasteiger partial charge in [0.25, 0.3) is 15.9 Å². The first-order valence-corrected chi connectivity index (χ1v) is 11.2. The smallest absolute Gasteiger partial charge is 0.261 e. The van der Waals surface area contributed by atoms with Crippen molar-refractivity contribution in [1.82, 2.24) is 10.2 Å². The van der Waals surface area contributed by atoms with Crippen molar-refractivity contribution in [3.8, 4) is 0 Å². The Bertz CT molecular complexity index is 977. The van der Waals surface area contributed by atoms with E-state index in [1.54, 1.807) is 13.0 Å². The highest BCUT2D eigenvalue weighted by atomic mass is 32.2. The maximum atomic E-state index is 13.0. The SMILES string of the molecule is CCN1CCCC1CNC(=O)c1cc(S(=O)(=O)Nc2ccc(F)cc2)ccc1C. The number of benzene rings is 2. The number of hydrogen-bond acceptors (Lipinski definition) is 4. The van der Waals surface area contributed by atoms with Crippen molar-refractivity contribution in [2.45, 2.75) is 37.6 Å². The number of sulfonamides is 1. The molecule has 29 heavy (non-hydrogen) atoms. The lowest BCUT2D eigenvalue weighted by molar-refractivity contribution is 0.0940. The Morgan fingerprint density at radius 2 is 1.93 bits per heavy atom. The van der Waals surface area contributed by atoms with Crippen molar-refractivity contribution < 1.29 is 17.6 Å². The molecule has 2 aromatic carbocycles. The molecule has 2 N–H and O–H groups in total. The Labute approximate surface area is 171 Å². The average molecular weight is 420 g/mol. The molecule has 156 valence electrons. The summed E-state index contributed by atoms with van der Waals surface area (Å²) in [7, 11) is -3.90. The van der Waals surface area contributed by atoms with E-state index in [0.29, 0.717) is 23.7 Å². The van der Waals surface area contributed by atoms with Crippen LogP contribution < -0.4 is 10.0 Å². The first kappa shape index (κ1) is 21.3. The van der Waals surface area contributed by atoms with Gasteiger partial charge in [-0.2, -0.15) is 0 Å². The molecule has 0 radical (unpaired) electrons. The minimum absolute atomic E-state index is 0.0198. The summed E-state index contributed by atoms with van der Waals surface area (Å²) in [5.41, 5.74) is 1.27. The molecule has 0 aromatic heterocycles. The van der Waals surface area contributed by atoms with Crippen molar-refractivity contribution in [2.75, 3.05) is 24.4 Å². The molecule has 1 heterocycles. The van der Waals surface area contributed by atoms with Crippen molar-refractivity contribution in [3.05, 3.63) is 59.4 Å². The number of amides is 1. The van der Waals surface area contributed by atoms with Gasteiger partial charge in [0.1, 0.15) is 5.82 Å². The van der Waals surface area contributed by atoms with E-state index in [1.165, 1.54) is 36.4 Å². The summed E-state index contributed by atoms with van der Waals surface area (Å²) in [6, 6.07) is 9.80. The number of anilines is 1. The Morgan fingerprint density at radius 1 is 1.21 bits per heavy atom. The second kappa shape index (κ2) is 8.92. The summed E-state index contributed by atoms with van der Waals surface area (Å²) >= 11 is 0. The quantitative estimate of drug-likeness (QED) is 0.723. The standard InChI is InChI=1S/C21H26FN3O3S/c1-3-25-12-4-5-18(25)14-23-21(26)20-13-19(11-6-15(20)2)29(27,28)24-17-9-7-16(22)8-10-17/h6-11,13,18,24H,3-5,12,14H2,1-2H3,(H,23,26). The highest BCUT2D eigenvalue weighted by molar-refractivity contribution is 7.92. The maximum Gasteiger partial charge on any atom is 0.261 e. The van der Waals surface area contributed by atoms with Crippen LogP contribution in [-0.2, 0) is 10.0 Å². The van der Waals surface area contributed by atoms with Crippen LogP contribution in [0, 0.1) is 12.7 Å². The monoisotopic (exact) mass is 419 g/mol. The third-order valence-electron chi connectivity index (χ3n) is 5.26. The summed E-state index contributed by atoms with van der Waals surface area (Å²) in [5.74, 6) is -0.740. The summed E-state index contributed by atoms with van der Waals surface area (Å²) < 4.78 is 40.8. The topological polar surface area (TPSA) is 78.5 Å². The minimum atomic E-state index is -3.90. The van der Waals surface area contributed by atoms with Gasteiger partial charge in [0.2, 0.25) is 0 Å². The fourth-order valence-electron chi connectivity index (χ4n) is 3.59. The van der Waals surface area contributed by atoms with Gasteiger partial charge in [0.15, 0.2) is 0 Å². The average Bonchev–Trinajstić information content (AvgIpc) is 3.15. The van der Waals surface area contributed by atoms with Crippen LogP contribution in [0.1, 0.15) is 35.7 Å². The van der Waals surface area contributed by atoms with Crippen LogP contribution >= 0.6 is 0 Å². The highest BCUT2D eigenvalue weighted by Crippen LogP contribution is 2.20. The normalized spacial score (nSPS) is 17.3. The zero-order valence-corrected chi connectivity index (χ0v) is 17.4. The van der Waals surface area contributed by atoms with E-state index in [4.69, 9.17) is 0 Å². The number of rotatable bonds is 7. The molecule has 1 fully saturated rings. The number of likely N-dealkylation sites (N-methyl/N-ethyl adjacent to an activating group) is 1. The zero-order chi connectivity index (χ0) is 21.0. The molecule has 1 unspecified atom stereocenters. The number of halogens is 1. The summed E-state index contributed by atoms with van der Waals surface area (Å²) in [5, 5.41) is 2.94. The van der Waals surface area contributed by atoms with Gasteiger partial charge in [-0.3, -0.25) is 14.4 Å². The van der Waals surface area contributed by atoms with E-state index in [9.17, 15) is 17.6 Å². The Kier molecular flexibility index (Phi) is 6.54. The largest absolute Gasteiger partial charge is 0.350 e. The van der Waals surface area contributed by atoms with Gasteiger partial charge in [-0.05, 0) is 74.8 Å². The molecule has 0 saturated carbocycles. The fourth-order valence-corrected chi connectivity index (χ4v) is 4.68. The minimum Gasteiger partial charge on any atom is -0.350 e. The molecule has 3 rings (SSSR count). The van der Waals surface area contributed by atoms with Crippen molar-refractivity contribution in [2.24, 2.45) is 0 Å². The molecule has 1 saturated heterocycles. The molecule has 1 amide bonds. The van der Waals surface area contributed by atoms with Crippen molar-refractivity contribution >= 4 is 21.6 Å². The number of nitrogens with zero attached hydrogens (tertiary/aromatic N) is 1. The van der Waals surface area contributed by atoms with Gasteiger partial charge >= 0.3 is 0 Å². The number of carbonyl (C=O) groups excluding carboxylic acids is 1. The third-order valence-corrected chi connectivity index (χ3v) is 6.64. The molecule has 0 bridgehead atoms. The molecule has 1 aliphatic rings. The van der Waals surface area contributed by atoms with Gasteiger partial charge < -0.3 is 5.32 Å². The van der Waals surface area contributed by atoms with Crippen LogP contribution in [0.2, 0.25) is 0 Å². The molecule has 2 aromatic rings. The molecule has 0 spiro atoms. The molecule has 8 heteroatoms. The summed E-state index contributed by atoms with van der Waals surface area (Å²) in [6.45, 7) is 6.40. The Hall–Kier alpha value is -2.45. The second-order valence-corrected chi connectivity index (χ2v) is 8.91. The number of likely N-dealkylation sites (tertiary alicyclic amines) is 1. The van der Waals surface area contributed by atoms with Crippen LogP contribution in [0.4, 0.5) is 10.1 Å². The van der Waals surface area contributed by atoms with Gasteiger partial charge in [0.05, 0.1) is 4.90 Å². The van der Waals surface area contributed by atoms with Crippen LogP contribution in [0.25, 0.3) is 0 Å². The third kappa shape index (κ3) is 5.13. The number of carbonyl (C=O) groups is 1. The van der Waals surface area contributed by atoms with E-state index >= 15 is 0 Å². The Morgan fingerprint density at radius 3 is 2.62 bits per heavy atom. The van der Waals surface area contributed by atoms with E-state index in [2.05, 4.69) is 21.9 Å². The molecular weight excluding hydrogens is 393 g/mol. The van der Waals surface area contributed by atoms with Gasteiger partial charge in [-0.15, -0.1) is 0 Å². The number of hydrogen-bond donors (Lipinski definition) is 2. The van der Waals surface area contributed by atoms with E-state index in [1.807, 2.05) is 0 Å². The lowest BCUT2D eigenvalue weighted by atomic mass is 10.1. The van der Waals surface area contributed by atoms with E-state index in [-0.39, 0.29) is 16.5 Å².